The van der Waals surface area contributed by atoms with E-state index in [0.29, 0.717) is 17.5 Å². The molecule has 1 aliphatic rings. The third kappa shape index (κ3) is 6.54. The fourth-order valence-corrected chi connectivity index (χ4v) is 3.72. The van der Waals surface area contributed by atoms with E-state index in [1.807, 2.05) is 31.2 Å². The lowest BCUT2D eigenvalue weighted by atomic mass is 9.83. The molecule has 1 saturated carbocycles. The SMILES string of the molecule is CCOCCC1(CNC(=NC)NCc2cccc(C(=O)NC)c2)CCCC1. The maximum atomic E-state index is 11.8. The van der Waals surface area contributed by atoms with Gasteiger partial charge in [0.05, 0.1) is 0 Å². The second kappa shape index (κ2) is 10.9. The average molecular weight is 375 g/mol. The van der Waals surface area contributed by atoms with Crippen LogP contribution in [0.25, 0.3) is 0 Å². The maximum absolute atomic E-state index is 11.8. The predicted molar refractivity (Wildman–Crippen MR) is 110 cm³/mol. The lowest BCUT2D eigenvalue weighted by Gasteiger charge is -2.30. The minimum atomic E-state index is -0.0724. The summed E-state index contributed by atoms with van der Waals surface area (Å²) in [7, 11) is 3.43. The van der Waals surface area contributed by atoms with Gasteiger partial charge in [-0.1, -0.05) is 25.0 Å². The number of amides is 1. The number of rotatable bonds is 9. The summed E-state index contributed by atoms with van der Waals surface area (Å²) < 4.78 is 5.59. The summed E-state index contributed by atoms with van der Waals surface area (Å²) >= 11 is 0. The molecule has 0 radical (unpaired) electrons. The third-order valence-corrected chi connectivity index (χ3v) is 5.38. The van der Waals surface area contributed by atoms with Gasteiger partial charge in [-0.2, -0.15) is 0 Å². The van der Waals surface area contributed by atoms with Crippen LogP contribution in [0.3, 0.4) is 0 Å². The zero-order valence-electron chi connectivity index (χ0n) is 16.9. The van der Waals surface area contributed by atoms with E-state index in [1.54, 1.807) is 14.1 Å². The topological polar surface area (TPSA) is 74.8 Å². The van der Waals surface area contributed by atoms with Gasteiger partial charge in [-0.15, -0.1) is 0 Å². The molecule has 6 heteroatoms. The summed E-state index contributed by atoms with van der Waals surface area (Å²) in [6, 6.07) is 7.63. The summed E-state index contributed by atoms with van der Waals surface area (Å²) in [5.41, 5.74) is 2.03. The Hall–Kier alpha value is -2.08. The van der Waals surface area contributed by atoms with Gasteiger partial charge < -0.3 is 20.7 Å². The fourth-order valence-electron chi connectivity index (χ4n) is 3.72. The van der Waals surface area contributed by atoms with Crippen LogP contribution in [0.4, 0.5) is 0 Å². The summed E-state index contributed by atoms with van der Waals surface area (Å²) in [5.74, 6) is 0.722. The molecule has 0 aliphatic heterocycles. The molecule has 1 fully saturated rings. The van der Waals surface area contributed by atoms with Crippen molar-refractivity contribution >= 4 is 11.9 Å². The van der Waals surface area contributed by atoms with E-state index < -0.39 is 0 Å². The Kier molecular flexibility index (Phi) is 8.58. The van der Waals surface area contributed by atoms with Gasteiger partial charge in [0.1, 0.15) is 0 Å². The average Bonchev–Trinajstić information content (AvgIpc) is 3.17. The van der Waals surface area contributed by atoms with Crippen LogP contribution >= 0.6 is 0 Å². The van der Waals surface area contributed by atoms with Crippen molar-refractivity contribution in [2.45, 2.75) is 45.6 Å². The molecule has 27 heavy (non-hydrogen) atoms. The maximum Gasteiger partial charge on any atom is 0.251 e. The van der Waals surface area contributed by atoms with Crippen molar-refractivity contribution in [1.29, 1.82) is 0 Å². The number of nitrogens with zero attached hydrogens (tertiary/aromatic N) is 1. The molecule has 1 aromatic carbocycles. The number of nitrogens with one attached hydrogen (secondary N) is 3. The van der Waals surface area contributed by atoms with Gasteiger partial charge in [0.2, 0.25) is 0 Å². The zero-order valence-corrected chi connectivity index (χ0v) is 16.9. The molecule has 1 aliphatic carbocycles. The van der Waals surface area contributed by atoms with Gasteiger partial charge in [-0.3, -0.25) is 9.79 Å². The molecule has 0 unspecified atom stereocenters. The first-order valence-corrected chi connectivity index (χ1v) is 9.96. The Morgan fingerprint density at radius 3 is 2.70 bits per heavy atom. The van der Waals surface area contributed by atoms with Crippen LogP contribution < -0.4 is 16.0 Å². The molecule has 0 atom stereocenters. The first kappa shape index (κ1) is 21.2. The van der Waals surface area contributed by atoms with Crippen molar-refractivity contribution in [2.24, 2.45) is 10.4 Å². The third-order valence-electron chi connectivity index (χ3n) is 5.38. The quantitative estimate of drug-likeness (QED) is 0.353. The van der Waals surface area contributed by atoms with Gasteiger partial charge in [0.15, 0.2) is 5.96 Å². The van der Waals surface area contributed by atoms with Crippen LogP contribution in [0.15, 0.2) is 29.3 Å². The number of hydrogen-bond acceptors (Lipinski definition) is 3. The molecule has 2 rings (SSSR count). The van der Waals surface area contributed by atoms with Crippen molar-refractivity contribution < 1.29 is 9.53 Å². The molecule has 1 aromatic rings. The van der Waals surface area contributed by atoms with Crippen molar-refractivity contribution in [1.82, 2.24) is 16.0 Å². The summed E-state index contributed by atoms with van der Waals surface area (Å²) in [6.07, 6.45) is 6.19. The minimum absolute atomic E-state index is 0.0724. The second-order valence-electron chi connectivity index (χ2n) is 7.21. The highest BCUT2D eigenvalue weighted by atomic mass is 16.5. The van der Waals surface area contributed by atoms with Gasteiger partial charge in [-0.25, -0.2) is 0 Å². The smallest absolute Gasteiger partial charge is 0.251 e. The predicted octanol–water partition coefficient (Wildman–Crippen LogP) is 2.70. The van der Waals surface area contributed by atoms with E-state index in [-0.39, 0.29) is 5.91 Å². The van der Waals surface area contributed by atoms with Crippen molar-refractivity contribution in [3.05, 3.63) is 35.4 Å². The monoisotopic (exact) mass is 374 g/mol. The Bertz CT molecular complexity index is 624. The van der Waals surface area contributed by atoms with Crippen LogP contribution in [-0.4, -0.2) is 45.7 Å². The van der Waals surface area contributed by atoms with Crippen LogP contribution in [-0.2, 0) is 11.3 Å². The van der Waals surface area contributed by atoms with Gasteiger partial charge >= 0.3 is 0 Å². The van der Waals surface area contributed by atoms with Gasteiger partial charge in [0, 0.05) is 46.0 Å². The lowest BCUT2D eigenvalue weighted by Crippen LogP contribution is -2.43. The van der Waals surface area contributed by atoms with Crippen LogP contribution in [0.1, 0.15) is 54.9 Å². The number of guanidine groups is 1. The van der Waals surface area contributed by atoms with E-state index in [4.69, 9.17) is 4.74 Å². The van der Waals surface area contributed by atoms with Crippen molar-refractivity contribution in [2.75, 3.05) is 33.9 Å². The van der Waals surface area contributed by atoms with E-state index in [1.165, 1.54) is 25.7 Å². The minimum Gasteiger partial charge on any atom is -0.382 e. The molecular formula is C21H34N4O2. The number of carbonyl (C=O) groups excluding carboxylic acids is 1. The lowest BCUT2D eigenvalue weighted by molar-refractivity contribution is 0.0963. The molecule has 3 N–H and O–H groups in total. The van der Waals surface area contributed by atoms with Crippen LogP contribution in [0.5, 0.6) is 0 Å². The molecule has 0 spiro atoms. The Morgan fingerprint density at radius 1 is 1.26 bits per heavy atom. The number of hydrogen-bond donors (Lipinski definition) is 3. The first-order chi connectivity index (χ1) is 13.1. The van der Waals surface area contributed by atoms with Crippen LogP contribution in [0, 0.1) is 5.41 Å². The highest BCUT2D eigenvalue weighted by Crippen LogP contribution is 2.40. The summed E-state index contributed by atoms with van der Waals surface area (Å²) in [6.45, 7) is 5.19. The molecule has 0 aromatic heterocycles. The molecule has 150 valence electrons. The Balaban J connectivity index is 1.87. The molecule has 0 bridgehead atoms. The summed E-state index contributed by atoms with van der Waals surface area (Å²) in [5, 5.41) is 9.51. The molecular weight excluding hydrogens is 340 g/mol. The van der Waals surface area contributed by atoms with Crippen molar-refractivity contribution in [3.63, 3.8) is 0 Å². The molecule has 0 saturated heterocycles. The highest BCUT2D eigenvalue weighted by Gasteiger charge is 2.33. The van der Waals surface area contributed by atoms with Gasteiger partial charge in [0.25, 0.3) is 5.91 Å². The fraction of sp³-hybridized carbons (Fsp3) is 0.619. The first-order valence-electron chi connectivity index (χ1n) is 9.96. The summed E-state index contributed by atoms with van der Waals surface area (Å²) in [4.78, 5) is 16.1. The van der Waals surface area contributed by atoms with E-state index in [2.05, 4.69) is 20.9 Å². The molecule has 0 heterocycles. The number of carbonyl (C=O) groups is 1. The van der Waals surface area contributed by atoms with E-state index in [9.17, 15) is 4.79 Å². The number of aliphatic imine (C=N–C) groups is 1. The molecule has 6 nitrogen and oxygen atoms in total. The second-order valence-corrected chi connectivity index (χ2v) is 7.21. The van der Waals surface area contributed by atoms with E-state index in [0.717, 1.165) is 37.7 Å². The Labute approximate surface area is 163 Å². The number of benzene rings is 1. The number of ether oxygens (including phenoxy) is 1. The Morgan fingerprint density at radius 2 is 2.04 bits per heavy atom. The van der Waals surface area contributed by atoms with Gasteiger partial charge in [-0.05, 0) is 49.3 Å². The van der Waals surface area contributed by atoms with Crippen molar-refractivity contribution in [3.8, 4) is 0 Å². The standard InChI is InChI=1S/C21H34N4O2/c1-4-27-13-12-21(10-5-6-11-21)16-25-20(23-3)24-15-17-8-7-9-18(14-17)19(26)22-2/h7-9,14H,4-6,10-13,15-16H2,1-3H3,(H,22,26)(H2,23,24,25). The largest absolute Gasteiger partial charge is 0.382 e. The zero-order chi connectivity index (χ0) is 19.5. The van der Waals surface area contributed by atoms with Crippen LogP contribution in [0.2, 0.25) is 0 Å². The molecule has 1 amide bonds. The van der Waals surface area contributed by atoms with E-state index >= 15 is 0 Å². The normalized spacial score (nSPS) is 16.2. The highest BCUT2D eigenvalue weighted by molar-refractivity contribution is 5.94.